The lowest BCUT2D eigenvalue weighted by molar-refractivity contribution is 0.0365. The molecule has 0 radical (unpaired) electrons. The maximum Gasteiger partial charge on any atom is 0.227 e. The predicted octanol–water partition coefficient (Wildman–Crippen LogP) is 0.975. The monoisotopic (exact) mass is 305 g/mol. The van der Waals surface area contributed by atoms with Gasteiger partial charge < -0.3 is 20.3 Å². The van der Waals surface area contributed by atoms with Crippen LogP contribution < -0.4 is 15.5 Å². The van der Waals surface area contributed by atoms with Crippen LogP contribution in [0.25, 0.3) is 0 Å². The van der Waals surface area contributed by atoms with E-state index in [1.165, 1.54) is 24.1 Å². The van der Waals surface area contributed by atoms with Crippen molar-refractivity contribution in [3.63, 3.8) is 0 Å². The Labute approximate surface area is 132 Å². The molecule has 1 aromatic rings. The van der Waals surface area contributed by atoms with Crippen LogP contribution in [0.3, 0.4) is 0 Å². The minimum atomic E-state index is 0.218. The predicted molar refractivity (Wildman–Crippen MR) is 88.6 cm³/mol. The second-order valence-electron chi connectivity index (χ2n) is 6.39. The average molecular weight is 305 g/mol. The molecular weight excluding hydrogens is 278 g/mol. The van der Waals surface area contributed by atoms with Gasteiger partial charge in [0, 0.05) is 32.7 Å². The van der Waals surface area contributed by atoms with E-state index in [2.05, 4.69) is 4.90 Å². The molecule has 6 nitrogen and oxygen atoms in total. The van der Waals surface area contributed by atoms with E-state index >= 15 is 0 Å². The standard InChI is InChI=1S/C16H27N5O/c1-20(2)16-18-14-6-4-3-5-13(14)15(19-16)21-9-10-22-12(11-21)7-8-17/h12H,3-11,17H2,1-2H3/t12-/m0/s1. The number of fused-ring (bicyclic) bond motifs is 1. The van der Waals surface area contributed by atoms with Crippen molar-refractivity contribution in [1.29, 1.82) is 0 Å². The Hall–Kier alpha value is -1.40. The summed E-state index contributed by atoms with van der Waals surface area (Å²) in [4.78, 5) is 14.0. The van der Waals surface area contributed by atoms with Gasteiger partial charge in [-0.3, -0.25) is 0 Å². The Morgan fingerprint density at radius 1 is 1.27 bits per heavy atom. The van der Waals surface area contributed by atoms with Crippen LogP contribution in [-0.4, -0.2) is 56.4 Å². The maximum atomic E-state index is 5.82. The smallest absolute Gasteiger partial charge is 0.227 e. The fourth-order valence-electron chi connectivity index (χ4n) is 3.30. The highest BCUT2D eigenvalue weighted by molar-refractivity contribution is 5.54. The number of nitrogens with zero attached hydrogens (tertiary/aromatic N) is 4. The third-order valence-electron chi connectivity index (χ3n) is 4.48. The first-order chi connectivity index (χ1) is 10.7. The summed E-state index contributed by atoms with van der Waals surface area (Å²) in [5, 5.41) is 0. The number of aromatic nitrogens is 2. The first-order valence-electron chi connectivity index (χ1n) is 8.32. The first-order valence-corrected chi connectivity index (χ1v) is 8.32. The van der Waals surface area contributed by atoms with E-state index in [0.717, 1.165) is 50.7 Å². The van der Waals surface area contributed by atoms with Crippen molar-refractivity contribution >= 4 is 11.8 Å². The molecule has 6 heteroatoms. The van der Waals surface area contributed by atoms with Gasteiger partial charge in [0.15, 0.2) is 0 Å². The normalized spacial score (nSPS) is 21.6. The number of morpholine rings is 1. The first kappa shape index (κ1) is 15.5. The lowest BCUT2D eigenvalue weighted by Crippen LogP contribution is -2.44. The SMILES string of the molecule is CN(C)c1nc2c(c(N3CCO[C@@H](CCN)C3)n1)CCCC2. The molecule has 1 saturated heterocycles. The van der Waals surface area contributed by atoms with Crippen LogP contribution >= 0.6 is 0 Å². The second kappa shape index (κ2) is 6.79. The fourth-order valence-corrected chi connectivity index (χ4v) is 3.30. The molecule has 0 saturated carbocycles. The Morgan fingerprint density at radius 3 is 2.86 bits per heavy atom. The number of hydrogen-bond donors (Lipinski definition) is 1. The van der Waals surface area contributed by atoms with Gasteiger partial charge in [-0.25, -0.2) is 4.98 Å². The van der Waals surface area contributed by atoms with Crippen molar-refractivity contribution in [2.24, 2.45) is 5.73 Å². The van der Waals surface area contributed by atoms with Crippen LogP contribution in [-0.2, 0) is 17.6 Å². The number of aryl methyl sites for hydroxylation is 1. The van der Waals surface area contributed by atoms with Crippen LogP contribution in [0.1, 0.15) is 30.5 Å². The number of anilines is 2. The molecule has 2 N–H and O–H groups in total. The quantitative estimate of drug-likeness (QED) is 0.894. The Kier molecular flexibility index (Phi) is 4.78. The molecule has 2 heterocycles. The summed E-state index contributed by atoms with van der Waals surface area (Å²) in [6.07, 6.45) is 5.76. The number of nitrogens with two attached hydrogens (primary N) is 1. The molecule has 1 fully saturated rings. The molecule has 1 aliphatic heterocycles. The lowest BCUT2D eigenvalue weighted by Gasteiger charge is -2.36. The molecule has 3 rings (SSSR count). The van der Waals surface area contributed by atoms with Gasteiger partial charge >= 0.3 is 0 Å². The van der Waals surface area contributed by atoms with Gasteiger partial charge in [0.05, 0.1) is 18.4 Å². The van der Waals surface area contributed by atoms with Crippen molar-refractivity contribution in [3.05, 3.63) is 11.3 Å². The molecule has 22 heavy (non-hydrogen) atoms. The van der Waals surface area contributed by atoms with Crippen molar-refractivity contribution in [2.75, 3.05) is 50.1 Å². The third-order valence-corrected chi connectivity index (χ3v) is 4.48. The van der Waals surface area contributed by atoms with E-state index in [-0.39, 0.29) is 6.10 Å². The highest BCUT2D eigenvalue weighted by Gasteiger charge is 2.26. The van der Waals surface area contributed by atoms with E-state index < -0.39 is 0 Å². The maximum absolute atomic E-state index is 5.82. The number of rotatable bonds is 4. The lowest BCUT2D eigenvalue weighted by atomic mass is 9.96. The van der Waals surface area contributed by atoms with Crippen molar-refractivity contribution in [2.45, 2.75) is 38.2 Å². The minimum Gasteiger partial charge on any atom is -0.374 e. The Balaban J connectivity index is 1.92. The number of hydrogen-bond acceptors (Lipinski definition) is 6. The van der Waals surface area contributed by atoms with Gasteiger partial charge in [-0.05, 0) is 38.6 Å². The fraction of sp³-hybridized carbons (Fsp3) is 0.750. The summed E-state index contributed by atoms with van der Waals surface area (Å²) in [6, 6.07) is 0. The molecule has 0 amide bonds. The van der Waals surface area contributed by atoms with Crippen molar-refractivity contribution in [1.82, 2.24) is 9.97 Å². The van der Waals surface area contributed by atoms with E-state index in [1.807, 2.05) is 19.0 Å². The van der Waals surface area contributed by atoms with Crippen LogP contribution in [0.2, 0.25) is 0 Å². The van der Waals surface area contributed by atoms with Crippen LogP contribution in [0.5, 0.6) is 0 Å². The molecule has 1 atom stereocenters. The van der Waals surface area contributed by atoms with Gasteiger partial charge in [0.25, 0.3) is 0 Å². The van der Waals surface area contributed by atoms with E-state index in [1.54, 1.807) is 0 Å². The zero-order valence-electron chi connectivity index (χ0n) is 13.7. The summed E-state index contributed by atoms with van der Waals surface area (Å²) >= 11 is 0. The van der Waals surface area contributed by atoms with Crippen molar-refractivity contribution in [3.8, 4) is 0 Å². The molecule has 0 bridgehead atoms. The molecule has 0 aromatic carbocycles. The summed E-state index contributed by atoms with van der Waals surface area (Å²) in [5.74, 6) is 1.94. The highest BCUT2D eigenvalue weighted by Crippen LogP contribution is 2.30. The van der Waals surface area contributed by atoms with Gasteiger partial charge in [0.2, 0.25) is 5.95 Å². The minimum absolute atomic E-state index is 0.218. The topological polar surface area (TPSA) is 67.5 Å². The van der Waals surface area contributed by atoms with Gasteiger partial charge in [-0.1, -0.05) is 0 Å². The third kappa shape index (κ3) is 3.17. The molecule has 2 aliphatic rings. The molecule has 0 spiro atoms. The van der Waals surface area contributed by atoms with E-state index in [0.29, 0.717) is 6.54 Å². The molecule has 0 unspecified atom stereocenters. The Morgan fingerprint density at radius 2 is 2.09 bits per heavy atom. The van der Waals surface area contributed by atoms with Crippen LogP contribution in [0.15, 0.2) is 0 Å². The van der Waals surface area contributed by atoms with Crippen LogP contribution in [0.4, 0.5) is 11.8 Å². The summed E-state index contributed by atoms with van der Waals surface area (Å²) in [6.45, 7) is 3.20. The zero-order valence-corrected chi connectivity index (χ0v) is 13.7. The summed E-state index contributed by atoms with van der Waals surface area (Å²) in [5.41, 5.74) is 8.28. The zero-order chi connectivity index (χ0) is 15.5. The molecular formula is C16H27N5O. The second-order valence-corrected chi connectivity index (χ2v) is 6.39. The van der Waals surface area contributed by atoms with Crippen LogP contribution in [0, 0.1) is 0 Å². The Bertz CT molecular complexity index is 518. The molecule has 1 aliphatic carbocycles. The van der Waals surface area contributed by atoms with E-state index in [4.69, 9.17) is 20.4 Å². The molecule has 1 aromatic heterocycles. The summed E-state index contributed by atoms with van der Waals surface area (Å²) < 4.78 is 5.82. The average Bonchev–Trinajstić information content (AvgIpc) is 2.54. The number of ether oxygens (including phenoxy) is 1. The van der Waals surface area contributed by atoms with Gasteiger partial charge in [-0.15, -0.1) is 0 Å². The van der Waals surface area contributed by atoms with Gasteiger partial charge in [-0.2, -0.15) is 4.98 Å². The van der Waals surface area contributed by atoms with Crippen molar-refractivity contribution < 1.29 is 4.74 Å². The largest absolute Gasteiger partial charge is 0.374 e. The van der Waals surface area contributed by atoms with E-state index in [9.17, 15) is 0 Å². The molecule has 122 valence electrons. The highest BCUT2D eigenvalue weighted by atomic mass is 16.5. The summed E-state index contributed by atoms with van der Waals surface area (Å²) in [7, 11) is 4.01. The van der Waals surface area contributed by atoms with Gasteiger partial charge in [0.1, 0.15) is 5.82 Å².